The molecule has 0 heterocycles. The largest absolute Gasteiger partial charge is 0.394 e. The van der Waals surface area contributed by atoms with Crippen LogP contribution in [0.15, 0.2) is 17.0 Å². The van der Waals surface area contributed by atoms with Crippen LogP contribution in [0.25, 0.3) is 0 Å². The fraction of sp³-hybridized carbons (Fsp3) is 0.400. The maximum absolute atomic E-state index is 13.4. The zero-order valence-corrected chi connectivity index (χ0v) is 9.90. The second kappa shape index (κ2) is 4.22. The van der Waals surface area contributed by atoms with E-state index in [2.05, 4.69) is 4.72 Å². The van der Waals surface area contributed by atoms with Gasteiger partial charge in [0.15, 0.2) is 17.5 Å². The molecule has 0 bridgehead atoms. The number of benzene rings is 1. The third-order valence-electron chi connectivity index (χ3n) is 2.80. The molecule has 100 valence electrons. The van der Waals surface area contributed by atoms with Crippen LogP contribution in [0.5, 0.6) is 0 Å². The first-order chi connectivity index (χ1) is 8.31. The van der Waals surface area contributed by atoms with Crippen LogP contribution in [0.2, 0.25) is 0 Å². The molecule has 1 aliphatic rings. The summed E-state index contributed by atoms with van der Waals surface area (Å²) in [6.07, 6.45) is 0.821. The summed E-state index contributed by atoms with van der Waals surface area (Å²) in [6.45, 7) is -0.433. The van der Waals surface area contributed by atoms with Crippen LogP contribution >= 0.6 is 0 Å². The van der Waals surface area contributed by atoms with Gasteiger partial charge in [-0.15, -0.1) is 0 Å². The number of rotatable bonds is 4. The Balaban J connectivity index is 2.39. The Morgan fingerprint density at radius 3 is 2.33 bits per heavy atom. The van der Waals surface area contributed by atoms with Gasteiger partial charge >= 0.3 is 0 Å². The van der Waals surface area contributed by atoms with E-state index in [1.54, 1.807) is 0 Å². The first kappa shape index (κ1) is 13.3. The predicted octanol–water partition coefficient (Wildman–Crippen LogP) is 0.907. The van der Waals surface area contributed by atoms with Crippen LogP contribution < -0.4 is 4.72 Å². The predicted molar refractivity (Wildman–Crippen MR) is 55.7 cm³/mol. The van der Waals surface area contributed by atoms with Gasteiger partial charge in [-0.1, -0.05) is 0 Å². The second-order valence-corrected chi connectivity index (χ2v) is 5.87. The molecule has 1 fully saturated rings. The van der Waals surface area contributed by atoms with E-state index in [1.165, 1.54) is 0 Å². The monoisotopic (exact) mass is 281 g/mol. The fourth-order valence-electron chi connectivity index (χ4n) is 1.50. The zero-order valence-electron chi connectivity index (χ0n) is 9.08. The lowest BCUT2D eigenvalue weighted by atomic mass is 10.3. The molecule has 0 atom stereocenters. The highest BCUT2D eigenvalue weighted by Gasteiger charge is 2.46. The van der Waals surface area contributed by atoms with E-state index in [1.807, 2.05) is 0 Å². The third kappa shape index (κ3) is 2.23. The highest BCUT2D eigenvalue weighted by Crippen LogP contribution is 2.36. The van der Waals surface area contributed by atoms with Crippen LogP contribution in [0.1, 0.15) is 12.8 Å². The Labute approximate surface area is 101 Å². The number of aliphatic hydroxyl groups excluding tert-OH is 1. The van der Waals surface area contributed by atoms with Gasteiger partial charge in [-0.25, -0.2) is 26.3 Å². The summed E-state index contributed by atoms with van der Waals surface area (Å²) in [7, 11) is -4.33. The molecule has 8 heteroatoms. The highest BCUT2D eigenvalue weighted by atomic mass is 32.2. The van der Waals surface area contributed by atoms with Gasteiger partial charge in [0.1, 0.15) is 4.90 Å². The Hall–Kier alpha value is -1.12. The van der Waals surface area contributed by atoms with Gasteiger partial charge in [0, 0.05) is 0 Å². The first-order valence-corrected chi connectivity index (χ1v) is 6.58. The molecule has 1 saturated carbocycles. The van der Waals surface area contributed by atoms with Gasteiger partial charge in [-0.05, 0) is 25.0 Å². The van der Waals surface area contributed by atoms with Gasteiger partial charge in [0.05, 0.1) is 12.1 Å². The standard InChI is InChI=1S/C10H10F3NO3S/c11-6-1-2-7(9(13)8(6)12)18(16,17)14-10(5-15)3-4-10/h1-2,14-15H,3-5H2. The molecule has 0 unspecified atom stereocenters. The summed E-state index contributed by atoms with van der Waals surface area (Å²) in [6, 6.07) is 1.18. The van der Waals surface area contributed by atoms with Crippen molar-refractivity contribution >= 4 is 10.0 Å². The topological polar surface area (TPSA) is 66.4 Å². The lowest BCUT2D eigenvalue weighted by Crippen LogP contribution is -2.39. The molecule has 18 heavy (non-hydrogen) atoms. The number of hydrogen-bond acceptors (Lipinski definition) is 3. The van der Waals surface area contributed by atoms with Gasteiger partial charge < -0.3 is 5.11 Å². The maximum Gasteiger partial charge on any atom is 0.244 e. The van der Waals surface area contributed by atoms with E-state index in [0.29, 0.717) is 25.0 Å². The highest BCUT2D eigenvalue weighted by molar-refractivity contribution is 7.89. The summed E-state index contributed by atoms with van der Waals surface area (Å²) in [5.41, 5.74) is -1.00. The van der Waals surface area contributed by atoms with Crippen molar-refractivity contribution in [1.82, 2.24) is 4.72 Å². The number of sulfonamides is 1. The van der Waals surface area contributed by atoms with E-state index >= 15 is 0 Å². The van der Waals surface area contributed by atoms with E-state index < -0.39 is 44.5 Å². The summed E-state index contributed by atoms with van der Waals surface area (Å²) in [5, 5.41) is 8.98. The average molecular weight is 281 g/mol. The van der Waals surface area contributed by atoms with Crippen molar-refractivity contribution in [2.45, 2.75) is 23.3 Å². The maximum atomic E-state index is 13.4. The number of aliphatic hydroxyl groups is 1. The Morgan fingerprint density at radius 1 is 1.22 bits per heavy atom. The molecule has 0 aromatic heterocycles. The van der Waals surface area contributed by atoms with Gasteiger partial charge in [-0.2, -0.15) is 0 Å². The van der Waals surface area contributed by atoms with Gasteiger partial charge in [-0.3, -0.25) is 0 Å². The van der Waals surface area contributed by atoms with E-state index in [4.69, 9.17) is 5.11 Å². The number of nitrogens with one attached hydrogen (secondary N) is 1. The third-order valence-corrected chi connectivity index (χ3v) is 4.39. The Bertz CT molecular complexity index is 584. The van der Waals surface area contributed by atoms with Crippen molar-refractivity contribution < 1.29 is 26.7 Å². The first-order valence-electron chi connectivity index (χ1n) is 5.10. The lowest BCUT2D eigenvalue weighted by Gasteiger charge is -2.15. The van der Waals surface area contributed by atoms with Crippen molar-refractivity contribution in [1.29, 1.82) is 0 Å². The minimum Gasteiger partial charge on any atom is -0.394 e. The van der Waals surface area contributed by atoms with Crippen molar-refractivity contribution in [2.75, 3.05) is 6.61 Å². The molecule has 2 rings (SSSR count). The Kier molecular flexibility index (Phi) is 3.12. The molecule has 1 aliphatic carbocycles. The summed E-state index contributed by atoms with van der Waals surface area (Å²) < 4.78 is 64.7. The van der Waals surface area contributed by atoms with Gasteiger partial charge in [0.2, 0.25) is 10.0 Å². The second-order valence-electron chi connectivity index (χ2n) is 4.22. The number of halogens is 3. The van der Waals surface area contributed by atoms with Crippen molar-refractivity contribution in [2.24, 2.45) is 0 Å². The quantitative estimate of drug-likeness (QED) is 0.806. The van der Waals surface area contributed by atoms with E-state index in [0.717, 1.165) is 0 Å². The van der Waals surface area contributed by atoms with Crippen LogP contribution in [0.4, 0.5) is 13.2 Å². The summed E-state index contributed by atoms with van der Waals surface area (Å²) >= 11 is 0. The molecule has 1 aromatic rings. The molecule has 4 nitrogen and oxygen atoms in total. The molecular formula is C10H10F3NO3S. The van der Waals surface area contributed by atoms with Crippen molar-refractivity contribution in [3.05, 3.63) is 29.6 Å². The molecule has 2 N–H and O–H groups in total. The molecular weight excluding hydrogens is 271 g/mol. The number of hydrogen-bond donors (Lipinski definition) is 2. The SMILES string of the molecule is O=S(=O)(NC1(CO)CC1)c1ccc(F)c(F)c1F. The minimum absolute atomic E-state index is 0.411. The van der Waals surface area contributed by atoms with Crippen molar-refractivity contribution in [3.63, 3.8) is 0 Å². The summed E-state index contributed by atoms with van der Waals surface area (Å²) in [4.78, 5) is -0.971. The molecule has 1 aromatic carbocycles. The molecule has 0 spiro atoms. The molecule has 0 amide bonds. The van der Waals surface area contributed by atoms with E-state index in [-0.39, 0.29) is 0 Å². The smallest absolute Gasteiger partial charge is 0.244 e. The average Bonchev–Trinajstić information content (AvgIpc) is 3.05. The van der Waals surface area contributed by atoms with E-state index in [9.17, 15) is 21.6 Å². The summed E-state index contributed by atoms with van der Waals surface area (Å²) in [5.74, 6) is -5.07. The van der Waals surface area contributed by atoms with Crippen LogP contribution in [-0.2, 0) is 10.0 Å². The molecule has 0 radical (unpaired) electrons. The fourth-order valence-corrected chi connectivity index (χ4v) is 3.02. The minimum atomic E-state index is -4.33. The van der Waals surface area contributed by atoms with Crippen LogP contribution in [0.3, 0.4) is 0 Å². The lowest BCUT2D eigenvalue weighted by molar-refractivity contribution is 0.246. The van der Waals surface area contributed by atoms with Crippen LogP contribution in [0, 0.1) is 17.5 Å². The molecule has 0 aliphatic heterocycles. The zero-order chi connectivity index (χ0) is 13.6. The van der Waals surface area contributed by atoms with Crippen LogP contribution in [-0.4, -0.2) is 25.7 Å². The van der Waals surface area contributed by atoms with Gasteiger partial charge in [0.25, 0.3) is 0 Å². The van der Waals surface area contributed by atoms with Crippen molar-refractivity contribution in [3.8, 4) is 0 Å². The normalized spacial score (nSPS) is 17.8. The molecule has 0 saturated heterocycles. The Morgan fingerprint density at radius 2 is 1.83 bits per heavy atom.